The van der Waals surface area contributed by atoms with E-state index in [-0.39, 0.29) is 28.7 Å². The Labute approximate surface area is 154 Å². The molecule has 8 heteroatoms. The van der Waals surface area contributed by atoms with E-state index in [4.69, 9.17) is 11.6 Å². The predicted octanol–water partition coefficient (Wildman–Crippen LogP) is 3.04. The number of anilines is 2. The number of amides is 3. The van der Waals surface area contributed by atoms with Crippen LogP contribution in [-0.2, 0) is 4.79 Å². The van der Waals surface area contributed by atoms with Gasteiger partial charge in [-0.15, -0.1) is 0 Å². The van der Waals surface area contributed by atoms with Crippen molar-refractivity contribution in [2.75, 3.05) is 30.9 Å². The second kappa shape index (κ2) is 7.13. The molecule has 2 aromatic rings. The number of fused-ring (bicyclic) bond motifs is 1. The number of carbonyl (C=O) groups excluding carboxylic acids is 2. The van der Waals surface area contributed by atoms with Gasteiger partial charge in [-0.25, -0.2) is 9.18 Å². The number of nitrogens with one attached hydrogen (secondary N) is 2. The van der Waals surface area contributed by atoms with Gasteiger partial charge in [0.15, 0.2) is 0 Å². The van der Waals surface area contributed by atoms with Gasteiger partial charge in [-0.05, 0) is 24.3 Å². The fourth-order valence-electron chi connectivity index (χ4n) is 2.69. The van der Waals surface area contributed by atoms with E-state index in [1.165, 1.54) is 18.0 Å². The summed E-state index contributed by atoms with van der Waals surface area (Å²) in [5.74, 6) is -0.726. The molecular formula is C18H16ClFN4O2. The monoisotopic (exact) mass is 374 g/mol. The van der Waals surface area contributed by atoms with Gasteiger partial charge in [0.05, 0.1) is 22.1 Å². The molecule has 1 heterocycles. The van der Waals surface area contributed by atoms with E-state index in [9.17, 15) is 14.0 Å². The van der Waals surface area contributed by atoms with Gasteiger partial charge in [-0.3, -0.25) is 9.79 Å². The molecule has 3 amide bonds. The molecule has 0 bridgehead atoms. The minimum atomic E-state index is -0.477. The van der Waals surface area contributed by atoms with E-state index in [0.717, 1.165) is 0 Å². The molecule has 134 valence electrons. The maximum atomic E-state index is 14.4. The van der Waals surface area contributed by atoms with Crippen molar-refractivity contribution in [3.63, 3.8) is 0 Å². The molecule has 0 aliphatic carbocycles. The summed E-state index contributed by atoms with van der Waals surface area (Å²) in [5.41, 5.74) is 1.70. The average molecular weight is 375 g/mol. The molecule has 0 saturated carbocycles. The summed E-state index contributed by atoms with van der Waals surface area (Å²) in [6.45, 7) is -0.136. The van der Waals surface area contributed by atoms with Gasteiger partial charge in [-0.1, -0.05) is 23.7 Å². The Balaban J connectivity index is 2.25. The summed E-state index contributed by atoms with van der Waals surface area (Å²) >= 11 is 6.53. The number of hydrogen-bond donors (Lipinski definition) is 2. The second-order valence-electron chi connectivity index (χ2n) is 5.62. The third-order valence-corrected chi connectivity index (χ3v) is 4.46. The molecule has 3 rings (SSSR count). The number of carbonyl (C=O) groups is 2. The summed E-state index contributed by atoms with van der Waals surface area (Å²) in [7, 11) is 3.08. The number of aliphatic imine (C=N–C) groups is 1. The van der Waals surface area contributed by atoms with Crippen LogP contribution < -0.4 is 15.5 Å². The van der Waals surface area contributed by atoms with Crippen molar-refractivity contribution in [1.82, 2.24) is 5.32 Å². The standard InChI is InChI=1S/C18H16ClFN4O2/c1-21-18(26)23-12-7-8-13-15(16(12)19)17(22-9-14(25)24(13)2)10-5-3-4-6-11(10)20/h3-8H,9H2,1-2H3,(H2,21,23,26). The lowest BCUT2D eigenvalue weighted by atomic mass is 9.99. The van der Waals surface area contributed by atoms with E-state index in [2.05, 4.69) is 15.6 Å². The molecule has 2 N–H and O–H groups in total. The SMILES string of the molecule is CNC(=O)Nc1ccc2c(c1Cl)C(c1ccccc1F)=NCC(=O)N2C. The van der Waals surface area contributed by atoms with Crippen LogP contribution in [0.15, 0.2) is 41.4 Å². The molecule has 2 aromatic carbocycles. The third-order valence-electron chi connectivity index (χ3n) is 4.07. The molecule has 0 spiro atoms. The molecule has 0 atom stereocenters. The number of benzodiazepines with no additional fused rings is 1. The van der Waals surface area contributed by atoms with Crippen molar-refractivity contribution >= 4 is 40.6 Å². The van der Waals surface area contributed by atoms with Crippen LogP contribution in [0.4, 0.5) is 20.6 Å². The van der Waals surface area contributed by atoms with E-state index in [1.807, 2.05) is 0 Å². The summed E-state index contributed by atoms with van der Waals surface area (Å²) in [5, 5.41) is 5.22. The fourth-order valence-corrected chi connectivity index (χ4v) is 2.99. The van der Waals surface area contributed by atoms with Crippen molar-refractivity contribution in [2.24, 2.45) is 4.99 Å². The maximum Gasteiger partial charge on any atom is 0.319 e. The molecule has 1 aliphatic rings. The highest BCUT2D eigenvalue weighted by atomic mass is 35.5. The Morgan fingerprint density at radius 1 is 1.27 bits per heavy atom. The summed E-state index contributed by atoms with van der Waals surface area (Å²) in [4.78, 5) is 29.6. The Morgan fingerprint density at radius 2 is 2.00 bits per heavy atom. The van der Waals surface area contributed by atoms with Crippen molar-refractivity contribution in [1.29, 1.82) is 0 Å². The van der Waals surface area contributed by atoms with Gasteiger partial charge in [0.1, 0.15) is 12.4 Å². The quantitative estimate of drug-likeness (QED) is 0.847. The van der Waals surface area contributed by atoms with E-state index in [1.54, 1.807) is 37.4 Å². The van der Waals surface area contributed by atoms with Crippen molar-refractivity contribution in [3.8, 4) is 0 Å². The zero-order valence-electron chi connectivity index (χ0n) is 14.1. The number of urea groups is 1. The van der Waals surface area contributed by atoms with Gasteiger partial charge in [0, 0.05) is 25.2 Å². The first-order valence-corrected chi connectivity index (χ1v) is 8.19. The largest absolute Gasteiger partial charge is 0.341 e. The van der Waals surface area contributed by atoms with Gasteiger partial charge >= 0.3 is 6.03 Å². The molecule has 0 aromatic heterocycles. The van der Waals surface area contributed by atoms with Crippen LogP contribution in [0, 0.1) is 5.82 Å². The van der Waals surface area contributed by atoms with Crippen molar-refractivity contribution < 1.29 is 14.0 Å². The van der Waals surface area contributed by atoms with Crippen molar-refractivity contribution in [3.05, 3.63) is 58.4 Å². The highest BCUT2D eigenvalue weighted by Crippen LogP contribution is 2.37. The highest BCUT2D eigenvalue weighted by Gasteiger charge is 2.27. The number of likely N-dealkylation sites (N-methyl/N-ethyl adjacent to an activating group) is 1. The number of halogens is 2. The second-order valence-corrected chi connectivity index (χ2v) is 6.00. The van der Waals surface area contributed by atoms with Crippen LogP contribution in [-0.4, -0.2) is 38.3 Å². The average Bonchev–Trinajstić information content (AvgIpc) is 2.76. The lowest BCUT2D eigenvalue weighted by Crippen LogP contribution is -2.28. The van der Waals surface area contributed by atoms with Crippen LogP contribution in [0.3, 0.4) is 0 Å². The number of hydrogen-bond acceptors (Lipinski definition) is 3. The smallest absolute Gasteiger partial charge is 0.319 e. The van der Waals surface area contributed by atoms with E-state index >= 15 is 0 Å². The lowest BCUT2D eigenvalue weighted by molar-refractivity contribution is -0.116. The van der Waals surface area contributed by atoms with Crippen LogP contribution in [0.25, 0.3) is 0 Å². The number of nitrogens with zero attached hydrogens (tertiary/aromatic N) is 2. The maximum absolute atomic E-state index is 14.4. The van der Waals surface area contributed by atoms with Crippen LogP contribution >= 0.6 is 11.6 Å². The molecule has 0 saturated heterocycles. The Morgan fingerprint density at radius 3 is 2.69 bits per heavy atom. The normalized spacial score (nSPS) is 13.6. The first-order valence-electron chi connectivity index (χ1n) is 7.81. The number of benzene rings is 2. The van der Waals surface area contributed by atoms with E-state index in [0.29, 0.717) is 16.9 Å². The van der Waals surface area contributed by atoms with Crippen molar-refractivity contribution in [2.45, 2.75) is 0 Å². The molecule has 0 unspecified atom stereocenters. The molecule has 6 nitrogen and oxygen atoms in total. The van der Waals surface area contributed by atoms with Gasteiger partial charge in [-0.2, -0.15) is 0 Å². The summed E-state index contributed by atoms with van der Waals surface area (Å²) in [6.07, 6.45) is 0. The first kappa shape index (κ1) is 17.9. The zero-order chi connectivity index (χ0) is 18.8. The first-order chi connectivity index (χ1) is 12.4. The minimum Gasteiger partial charge on any atom is -0.341 e. The van der Waals surface area contributed by atoms with Gasteiger partial charge in [0.25, 0.3) is 0 Å². The Bertz CT molecular complexity index is 929. The molecule has 26 heavy (non-hydrogen) atoms. The van der Waals surface area contributed by atoms with Gasteiger partial charge in [0.2, 0.25) is 5.91 Å². The van der Waals surface area contributed by atoms with Crippen LogP contribution in [0.2, 0.25) is 5.02 Å². The number of rotatable bonds is 2. The third kappa shape index (κ3) is 3.13. The predicted molar refractivity (Wildman–Crippen MR) is 99.8 cm³/mol. The Hall–Kier alpha value is -2.93. The van der Waals surface area contributed by atoms with Crippen LogP contribution in [0.1, 0.15) is 11.1 Å². The van der Waals surface area contributed by atoms with Gasteiger partial charge < -0.3 is 15.5 Å². The molecule has 0 fully saturated rings. The van der Waals surface area contributed by atoms with E-state index < -0.39 is 11.8 Å². The lowest BCUT2D eigenvalue weighted by Gasteiger charge is -2.21. The summed E-state index contributed by atoms with van der Waals surface area (Å²) < 4.78 is 14.4. The topological polar surface area (TPSA) is 73.8 Å². The highest BCUT2D eigenvalue weighted by molar-refractivity contribution is 6.40. The molecule has 0 radical (unpaired) electrons. The molecule has 1 aliphatic heterocycles. The molecular weight excluding hydrogens is 359 g/mol. The Kier molecular flexibility index (Phi) is 4.90. The van der Waals surface area contributed by atoms with Crippen LogP contribution in [0.5, 0.6) is 0 Å². The fraction of sp³-hybridized carbons (Fsp3) is 0.167. The zero-order valence-corrected chi connectivity index (χ0v) is 14.9. The minimum absolute atomic E-state index is 0.136. The summed E-state index contributed by atoms with van der Waals surface area (Å²) in [6, 6.07) is 8.92.